The van der Waals surface area contributed by atoms with E-state index in [4.69, 9.17) is 33.7 Å². The third-order valence-corrected chi connectivity index (χ3v) is 2.13. The molecule has 15 heavy (non-hydrogen) atoms. The highest BCUT2D eigenvalue weighted by Crippen LogP contribution is 2.32. The van der Waals surface area contributed by atoms with Crippen molar-refractivity contribution in [2.75, 3.05) is 0 Å². The van der Waals surface area contributed by atoms with E-state index >= 15 is 0 Å². The first kappa shape index (κ1) is 12.1. The molecule has 1 aromatic carbocycles. The van der Waals surface area contributed by atoms with Crippen LogP contribution in [0.15, 0.2) is 12.1 Å². The molecule has 1 aromatic rings. The second kappa shape index (κ2) is 4.73. The number of carbonyl (C=O) groups is 1. The largest absolute Gasteiger partial charge is 0.489 e. The second-order valence-electron chi connectivity index (χ2n) is 3.30. The lowest BCUT2D eigenvalue weighted by molar-refractivity contribution is 0.0994. The van der Waals surface area contributed by atoms with Crippen molar-refractivity contribution in [2.24, 2.45) is 5.73 Å². The van der Waals surface area contributed by atoms with Gasteiger partial charge in [0.15, 0.2) is 5.75 Å². The van der Waals surface area contributed by atoms with E-state index in [1.165, 1.54) is 12.1 Å². The number of nitrogens with two attached hydrogens (primary N) is 1. The van der Waals surface area contributed by atoms with Gasteiger partial charge in [0.2, 0.25) is 0 Å². The molecule has 82 valence electrons. The van der Waals surface area contributed by atoms with Crippen LogP contribution in [0.2, 0.25) is 10.0 Å². The highest BCUT2D eigenvalue weighted by molar-refractivity contribution is 6.36. The zero-order chi connectivity index (χ0) is 11.6. The fourth-order valence-corrected chi connectivity index (χ4v) is 1.64. The Morgan fingerprint density at radius 3 is 2.47 bits per heavy atom. The average Bonchev–Trinajstić information content (AvgIpc) is 2.08. The van der Waals surface area contributed by atoms with Gasteiger partial charge in [-0.3, -0.25) is 4.79 Å². The second-order valence-corrected chi connectivity index (χ2v) is 4.14. The van der Waals surface area contributed by atoms with Gasteiger partial charge in [0.05, 0.1) is 16.7 Å². The summed E-state index contributed by atoms with van der Waals surface area (Å²) in [5.74, 6) is -0.335. The van der Waals surface area contributed by atoms with Crippen LogP contribution in [0.3, 0.4) is 0 Å². The standard InChI is InChI=1S/C10H11Cl2NO2/c1-5(2)15-9-7(10(13)14)3-6(11)4-8(9)12/h3-5H,1-2H3,(H2,13,14). The summed E-state index contributed by atoms with van der Waals surface area (Å²) in [6.45, 7) is 3.66. The molecule has 0 saturated carbocycles. The number of carbonyl (C=O) groups excluding carboxylic acids is 1. The highest BCUT2D eigenvalue weighted by atomic mass is 35.5. The predicted octanol–water partition coefficient (Wildman–Crippen LogP) is 2.88. The normalized spacial score (nSPS) is 10.5. The maximum absolute atomic E-state index is 11.1. The van der Waals surface area contributed by atoms with Crippen LogP contribution < -0.4 is 10.5 Å². The van der Waals surface area contributed by atoms with Gasteiger partial charge in [-0.1, -0.05) is 23.2 Å². The molecule has 0 aliphatic carbocycles. The Balaban J connectivity index is 3.27. The van der Waals surface area contributed by atoms with Crippen molar-refractivity contribution >= 4 is 29.1 Å². The number of halogens is 2. The van der Waals surface area contributed by atoms with E-state index in [1.807, 2.05) is 13.8 Å². The Morgan fingerprint density at radius 1 is 1.40 bits per heavy atom. The van der Waals surface area contributed by atoms with Crippen molar-refractivity contribution in [3.05, 3.63) is 27.7 Å². The lowest BCUT2D eigenvalue weighted by Gasteiger charge is -2.14. The number of benzene rings is 1. The summed E-state index contributed by atoms with van der Waals surface area (Å²) in [7, 11) is 0. The molecule has 0 unspecified atom stereocenters. The number of primary amides is 1. The van der Waals surface area contributed by atoms with Crippen LogP contribution in [0, 0.1) is 0 Å². The third kappa shape index (κ3) is 3.01. The number of hydrogen-bond acceptors (Lipinski definition) is 2. The van der Waals surface area contributed by atoms with Crippen molar-refractivity contribution < 1.29 is 9.53 Å². The van der Waals surface area contributed by atoms with E-state index in [9.17, 15) is 4.79 Å². The summed E-state index contributed by atoms with van der Waals surface area (Å²) in [6, 6.07) is 2.95. The van der Waals surface area contributed by atoms with Crippen LogP contribution >= 0.6 is 23.2 Å². The Morgan fingerprint density at radius 2 is 2.00 bits per heavy atom. The Labute approximate surface area is 98.1 Å². The molecule has 0 fully saturated rings. The Bertz CT molecular complexity index is 391. The van der Waals surface area contributed by atoms with Crippen LogP contribution in [-0.4, -0.2) is 12.0 Å². The summed E-state index contributed by atoms with van der Waals surface area (Å²) in [5, 5.41) is 0.634. The van der Waals surface area contributed by atoms with Crippen molar-refractivity contribution in [2.45, 2.75) is 20.0 Å². The molecule has 2 N–H and O–H groups in total. The van der Waals surface area contributed by atoms with E-state index in [-0.39, 0.29) is 22.4 Å². The zero-order valence-electron chi connectivity index (χ0n) is 8.38. The quantitative estimate of drug-likeness (QED) is 0.894. The summed E-state index contributed by atoms with van der Waals surface area (Å²) in [6.07, 6.45) is -0.0956. The van der Waals surface area contributed by atoms with Crippen LogP contribution in [0.25, 0.3) is 0 Å². The highest BCUT2D eigenvalue weighted by Gasteiger charge is 2.15. The average molecular weight is 248 g/mol. The number of hydrogen-bond donors (Lipinski definition) is 1. The van der Waals surface area contributed by atoms with Crippen LogP contribution in [-0.2, 0) is 0 Å². The maximum Gasteiger partial charge on any atom is 0.252 e. The molecule has 1 amide bonds. The molecule has 0 aliphatic heterocycles. The predicted molar refractivity (Wildman–Crippen MR) is 60.7 cm³/mol. The maximum atomic E-state index is 11.1. The molecule has 0 saturated heterocycles. The summed E-state index contributed by atoms with van der Waals surface area (Å²) >= 11 is 11.7. The van der Waals surface area contributed by atoms with E-state index in [2.05, 4.69) is 0 Å². The van der Waals surface area contributed by atoms with Gasteiger partial charge in [-0.25, -0.2) is 0 Å². The van der Waals surface area contributed by atoms with Crippen LogP contribution in [0.1, 0.15) is 24.2 Å². The summed E-state index contributed by atoms with van der Waals surface area (Å²) in [5.41, 5.74) is 5.39. The molecule has 1 rings (SSSR count). The van der Waals surface area contributed by atoms with E-state index in [0.717, 1.165) is 0 Å². The smallest absolute Gasteiger partial charge is 0.252 e. The molecule has 0 heterocycles. The molecule has 0 aliphatic rings. The van der Waals surface area contributed by atoms with Crippen LogP contribution in [0.5, 0.6) is 5.75 Å². The fourth-order valence-electron chi connectivity index (χ4n) is 1.10. The third-order valence-electron chi connectivity index (χ3n) is 1.63. The molecule has 0 aromatic heterocycles. The molecule has 3 nitrogen and oxygen atoms in total. The van der Waals surface area contributed by atoms with Crippen molar-refractivity contribution in [3.8, 4) is 5.75 Å². The monoisotopic (exact) mass is 247 g/mol. The summed E-state index contributed by atoms with van der Waals surface area (Å²) in [4.78, 5) is 11.1. The first-order valence-corrected chi connectivity index (χ1v) is 5.13. The minimum atomic E-state index is -0.616. The summed E-state index contributed by atoms with van der Waals surface area (Å²) < 4.78 is 5.40. The Hall–Kier alpha value is -0.930. The van der Waals surface area contributed by atoms with Crippen molar-refractivity contribution in [1.29, 1.82) is 0 Å². The number of rotatable bonds is 3. The Kier molecular flexibility index (Phi) is 3.83. The van der Waals surface area contributed by atoms with Gasteiger partial charge >= 0.3 is 0 Å². The number of ether oxygens (including phenoxy) is 1. The first-order chi connectivity index (χ1) is 6.91. The molecular formula is C10H11Cl2NO2. The first-order valence-electron chi connectivity index (χ1n) is 4.37. The van der Waals surface area contributed by atoms with Crippen molar-refractivity contribution in [1.82, 2.24) is 0 Å². The SMILES string of the molecule is CC(C)Oc1c(Cl)cc(Cl)cc1C(N)=O. The van der Waals surface area contributed by atoms with Gasteiger partial charge in [0.1, 0.15) is 0 Å². The van der Waals surface area contributed by atoms with Gasteiger partial charge in [0, 0.05) is 5.02 Å². The molecule has 0 atom stereocenters. The van der Waals surface area contributed by atoms with E-state index < -0.39 is 5.91 Å². The molecule has 5 heteroatoms. The lowest BCUT2D eigenvalue weighted by Crippen LogP contribution is -2.15. The van der Waals surface area contributed by atoms with E-state index in [0.29, 0.717) is 5.02 Å². The number of amides is 1. The minimum Gasteiger partial charge on any atom is -0.489 e. The molecular weight excluding hydrogens is 237 g/mol. The van der Waals surface area contributed by atoms with Gasteiger partial charge < -0.3 is 10.5 Å². The molecule has 0 spiro atoms. The molecule has 0 radical (unpaired) electrons. The van der Waals surface area contributed by atoms with E-state index in [1.54, 1.807) is 0 Å². The van der Waals surface area contributed by atoms with Gasteiger partial charge in [-0.2, -0.15) is 0 Å². The van der Waals surface area contributed by atoms with Gasteiger partial charge in [-0.05, 0) is 26.0 Å². The van der Waals surface area contributed by atoms with Gasteiger partial charge in [-0.15, -0.1) is 0 Å². The zero-order valence-corrected chi connectivity index (χ0v) is 9.89. The topological polar surface area (TPSA) is 52.3 Å². The van der Waals surface area contributed by atoms with Crippen molar-refractivity contribution in [3.63, 3.8) is 0 Å². The van der Waals surface area contributed by atoms with Gasteiger partial charge in [0.25, 0.3) is 5.91 Å². The molecule has 0 bridgehead atoms. The fraction of sp³-hybridized carbons (Fsp3) is 0.300. The minimum absolute atomic E-state index is 0.0956. The van der Waals surface area contributed by atoms with Crippen LogP contribution in [0.4, 0.5) is 0 Å². The lowest BCUT2D eigenvalue weighted by atomic mass is 10.2.